The number of ether oxygens (including phenoxy) is 2. The second kappa shape index (κ2) is 8.26. The van der Waals surface area contributed by atoms with Crippen LogP contribution in [0.2, 0.25) is 0 Å². The highest BCUT2D eigenvalue weighted by molar-refractivity contribution is 7.91. The summed E-state index contributed by atoms with van der Waals surface area (Å²) in [7, 11) is -3.11. The molecule has 1 aliphatic rings. The van der Waals surface area contributed by atoms with Crippen molar-refractivity contribution in [2.75, 3.05) is 5.75 Å². The van der Waals surface area contributed by atoms with Gasteiger partial charge in [0.15, 0.2) is 21.3 Å². The van der Waals surface area contributed by atoms with Crippen LogP contribution in [-0.4, -0.2) is 25.8 Å². The van der Waals surface area contributed by atoms with Crippen molar-refractivity contribution in [3.8, 4) is 11.5 Å². The highest BCUT2D eigenvalue weighted by Gasteiger charge is 2.32. The molecule has 1 aliphatic carbocycles. The molecule has 0 fully saturated rings. The lowest BCUT2D eigenvalue weighted by molar-refractivity contribution is -0.275. The molecule has 0 N–H and O–H groups in total. The molecule has 8 heteroatoms. The lowest BCUT2D eigenvalue weighted by Crippen LogP contribution is -2.23. The van der Waals surface area contributed by atoms with Crippen LogP contribution in [0, 0.1) is 5.92 Å². The summed E-state index contributed by atoms with van der Waals surface area (Å²) in [5.74, 6) is -0.173. The zero-order chi connectivity index (χ0) is 21.2. The second-order valence-corrected chi connectivity index (χ2v) is 10.1. The minimum atomic E-state index is -4.79. The molecule has 2 aromatic rings. The number of hydrogen-bond donors (Lipinski definition) is 0. The van der Waals surface area contributed by atoms with E-state index in [1.165, 1.54) is 18.2 Å². The third-order valence-corrected chi connectivity index (χ3v) is 7.32. The number of para-hydroxylation sites is 2. The van der Waals surface area contributed by atoms with Crippen LogP contribution in [-0.2, 0) is 29.3 Å². The molecule has 0 saturated carbocycles. The number of rotatable bonds is 7. The van der Waals surface area contributed by atoms with Gasteiger partial charge in [-0.3, -0.25) is 0 Å². The lowest BCUT2D eigenvalue weighted by Gasteiger charge is -2.14. The molecule has 0 amide bonds. The molecule has 158 valence electrons. The van der Waals surface area contributed by atoms with E-state index < -0.39 is 21.4 Å². The smallest absolute Gasteiger partial charge is 0.485 e. The first-order valence-corrected chi connectivity index (χ1v) is 11.0. The quantitative estimate of drug-likeness (QED) is 0.641. The summed E-state index contributed by atoms with van der Waals surface area (Å²) >= 11 is 0. The van der Waals surface area contributed by atoms with Crippen molar-refractivity contribution in [3.63, 3.8) is 0 Å². The van der Waals surface area contributed by atoms with Gasteiger partial charge in [0.05, 0.1) is 11.0 Å². The zero-order valence-corrected chi connectivity index (χ0v) is 17.0. The SMILES string of the molecule is CC(C)S(=O)(=O)C[C@H]1Cc2ccc(COc3ccccc3OC(F)(F)F)cc2C1. The van der Waals surface area contributed by atoms with Gasteiger partial charge in [-0.15, -0.1) is 13.2 Å². The molecule has 0 unspecified atom stereocenters. The molecule has 0 radical (unpaired) electrons. The summed E-state index contributed by atoms with van der Waals surface area (Å²) < 4.78 is 71.5. The molecule has 1 atom stereocenters. The average molecular weight is 428 g/mol. The third kappa shape index (κ3) is 5.65. The van der Waals surface area contributed by atoms with Gasteiger partial charge in [-0.1, -0.05) is 30.3 Å². The maximum atomic E-state index is 12.5. The largest absolute Gasteiger partial charge is 0.573 e. The molecular formula is C21H23F3O4S. The predicted molar refractivity (Wildman–Crippen MR) is 104 cm³/mol. The van der Waals surface area contributed by atoms with E-state index in [9.17, 15) is 21.6 Å². The van der Waals surface area contributed by atoms with Gasteiger partial charge in [-0.2, -0.15) is 0 Å². The van der Waals surface area contributed by atoms with E-state index in [2.05, 4.69) is 4.74 Å². The number of hydrogen-bond acceptors (Lipinski definition) is 4. The van der Waals surface area contributed by atoms with Crippen molar-refractivity contribution >= 4 is 9.84 Å². The van der Waals surface area contributed by atoms with Crippen molar-refractivity contribution < 1.29 is 31.1 Å². The lowest BCUT2D eigenvalue weighted by atomic mass is 10.1. The Bertz CT molecular complexity index is 968. The molecule has 0 bridgehead atoms. The van der Waals surface area contributed by atoms with Gasteiger partial charge in [0.1, 0.15) is 6.61 Å². The molecule has 4 nitrogen and oxygen atoms in total. The number of sulfone groups is 1. The highest BCUT2D eigenvalue weighted by Crippen LogP contribution is 2.33. The molecule has 0 aliphatic heterocycles. The fourth-order valence-electron chi connectivity index (χ4n) is 3.43. The van der Waals surface area contributed by atoms with Crippen LogP contribution in [0.15, 0.2) is 42.5 Å². The Kier molecular flexibility index (Phi) is 6.12. The minimum Gasteiger partial charge on any atom is -0.485 e. The van der Waals surface area contributed by atoms with Crippen LogP contribution in [0.1, 0.15) is 30.5 Å². The van der Waals surface area contributed by atoms with Crippen LogP contribution < -0.4 is 9.47 Å². The zero-order valence-electron chi connectivity index (χ0n) is 16.2. The topological polar surface area (TPSA) is 52.6 Å². The number of halogens is 3. The number of benzene rings is 2. The van der Waals surface area contributed by atoms with Gasteiger partial charge in [0, 0.05) is 0 Å². The summed E-state index contributed by atoms with van der Waals surface area (Å²) in [6.07, 6.45) is -3.41. The van der Waals surface area contributed by atoms with Crippen LogP contribution in [0.3, 0.4) is 0 Å². The normalized spacial score (nSPS) is 16.7. The average Bonchev–Trinajstić information content (AvgIpc) is 3.00. The molecule has 0 saturated heterocycles. The molecule has 0 aromatic heterocycles. The molecule has 29 heavy (non-hydrogen) atoms. The first-order chi connectivity index (χ1) is 13.5. The third-order valence-electron chi connectivity index (χ3n) is 4.94. The Balaban J connectivity index is 1.66. The van der Waals surface area contributed by atoms with Crippen molar-refractivity contribution in [1.29, 1.82) is 0 Å². The summed E-state index contributed by atoms with van der Waals surface area (Å²) in [6, 6.07) is 11.4. The van der Waals surface area contributed by atoms with Crippen molar-refractivity contribution in [2.45, 2.75) is 44.9 Å². The van der Waals surface area contributed by atoms with Crippen LogP contribution in [0.4, 0.5) is 13.2 Å². The number of alkyl halides is 3. The second-order valence-electron chi connectivity index (χ2n) is 7.54. The first-order valence-electron chi connectivity index (χ1n) is 9.33. The fraction of sp³-hybridized carbons (Fsp3) is 0.429. The van der Waals surface area contributed by atoms with E-state index in [1.807, 2.05) is 18.2 Å². The number of fused-ring (bicyclic) bond motifs is 1. The standard InChI is InChI=1S/C21H23F3O4S/c1-14(2)29(25,26)13-16-10-17-8-7-15(9-18(17)11-16)12-27-19-5-3-4-6-20(19)28-21(22,23)24/h3-9,14,16H,10-13H2,1-2H3/t16-/m0/s1. The molecule has 2 aromatic carbocycles. The summed E-state index contributed by atoms with van der Waals surface area (Å²) in [6.45, 7) is 3.46. The first kappa shape index (κ1) is 21.5. The van der Waals surface area contributed by atoms with E-state index in [-0.39, 0.29) is 29.8 Å². The van der Waals surface area contributed by atoms with Crippen LogP contribution in [0.25, 0.3) is 0 Å². The van der Waals surface area contributed by atoms with E-state index in [4.69, 9.17) is 4.74 Å². The Morgan fingerprint density at radius 2 is 1.69 bits per heavy atom. The maximum Gasteiger partial charge on any atom is 0.573 e. The van der Waals surface area contributed by atoms with Crippen molar-refractivity contribution in [1.82, 2.24) is 0 Å². The van der Waals surface area contributed by atoms with E-state index in [0.29, 0.717) is 12.8 Å². The van der Waals surface area contributed by atoms with Gasteiger partial charge in [0.2, 0.25) is 0 Å². The van der Waals surface area contributed by atoms with E-state index in [1.54, 1.807) is 19.9 Å². The van der Waals surface area contributed by atoms with Crippen molar-refractivity contribution in [3.05, 3.63) is 59.2 Å². The van der Waals surface area contributed by atoms with Gasteiger partial charge >= 0.3 is 6.36 Å². The molecular weight excluding hydrogens is 405 g/mol. The Morgan fingerprint density at radius 3 is 2.34 bits per heavy atom. The molecule has 3 rings (SSSR count). The Labute approximate surface area is 168 Å². The predicted octanol–water partition coefficient (Wildman–Crippen LogP) is 4.70. The van der Waals surface area contributed by atoms with Gasteiger partial charge in [0.25, 0.3) is 0 Å². The Morgan fingerprint density at radius 1 is 1.03 bits per heavy atom. The van der Waals surface area contributed by atoms with E-state index >= 15 is 0 Å². The maximum absolute atomic E-state index is 12.5. The molecule has 0 heterocycles. The van der Waals surface area contributed by atoms with Crippen LogP contribution >= 0.6 is 0 Å². The summed E-state index contributed by atoms with van der Waals surface area (Å²) in [5.41, 5.74) is 2.98. The van der Waals surface area contributed by atoms with Crippen molar-refractivity contribution in [2.24, 2.45) is 5.92 Å². The van der Waals surface area contributed by atoms with E-state index in [0.717, 1.165) is 16.7 Å². The fourth-order valence-corrected chi connectivity index (χ4v) is 4.71. The minimum absolute atomic E-state index is 0.00577. The van der Waals surface area contributed by atoms with Gasteiger partial charge < -0.3 is 9.47 Å². The Hall–Kier alpha value is -2.22. The van der Waals surface area contributed by atoms with Crippen LogP contribution in [0.5, 0.6) is 11.5 Å². The monoisotopic (exact) mass is 428 g/mol. The highest BCUT2D eigenvalue weighted by atomic mass is 32.2. The summed E-state index contributed by atoms with van der Waals surface area (Å²) in [5, 5.41) is -0.394. The summed E-state index contributed by atoms with van der Waals surface area (Å²) in [4.78, 5) is 0. The molecule has 0 spiro atoms. The van der Waals surface area contributed by atoms with Gasteiger partial charge in [-0.05, 0) is 61.4 Å². The van der Waals surface area contributed by atoms with Gasteiger partial charge in [-0.25, -0.2) is 8.42 Å².